The maximum atomic E-state index is 12.7. The molecule has 0 aliphatic heterocycles. The van der Waals surface area contributed by atoms with Crippen LogP contribution in [0.25, 0.3) is 0 Å². The Morgan fingerprint density at radius 2 is 1.86 bits per heavy atom. The Balaban J connectivity index is 3.10. The van der Waals surface area contributed by atoms with E-state index >= 15 is 0 Å². The summed E-state index contributed by atoms with van der Waals surface area (Å²) in [4.78, 5) is 2.10. The van der Waals surface area contributed by atoms with Gasteiger partial charge in [0.25, 0.3) is 0 Å². The fraction of sp³-hybridized carbons (Fsp3) is 0.571. The zero-order valence-corrected chi connectivity index (χ0v) is 14.4. The summed E-state index contributed by atoms with van der Waals surface area (Å²) in [6, 6.07) is 4.86. The molecule has 1 aromatic rings. The smallest absolute Gasteiger partial charge is 0.244 e. The number of hydrogen-bond donors (Lipinski definition) is 1. The number of benzene rings is 1. The summed E-state index contributed by atoms with van der Waals surface area (Å²) >= 11 is 6.13. The normalized spacial score (nSPS) is 12.3. The third kappa shape index (κ3) is 4.93. The number of rotatable bonds is 8. The van der Waals surface area contributed by atoms with Gasteiger partial charge in [0.05, 0.1) is 5.02 Å². The fourth-order valence-corrected chi connectivity index (χ4v) is 4.00. The molecule has 7 heteroatoms. The highest BCUT2D eigenvalue weighted by atomic mass is 35.5. The molecular weight excluding hydrogens is 310 g/mol. The molecule has 1 aromatic carbocycles. The van der Waals surface area contributed by atoms with Gasteiger partial charge in [0.1, 0.15) is 4.90 Å². The van der Waals surface area contributed by atoms with Crippen LogP contribution in [0.5, 0.6) is 0 Å². The highest BCUT2D eigenvalue weighted by Crippen LogP contribution is 2.25. The Kier molecular flexibility index (Phi) is 7.09. The first-order valence-corrected chi connectivity index (χ1v) is 8.78. The van der Waals surface area contributed by atoms with Crippen LogP contribution < -0.4 is 5.73 Å². The quantitative estimate of drug-likeness (QED) is 0.787. The van der Waals surface area contributed by atoms with E-state index in [1.807, 2.05) is 25.9 Å². The molecule has 5 nitrogen and oxygen atoms in total. The molecule has 0 atom stereocenters. The first kappa shape index (κ1) is 18.4. The lowest BCUT2D eigenvalue weighted by molar-refractivity contribution is 0.333. The molecular formula is C14H24ClN3O2S. The maximum absolute atomic E-state index is 12.7. The molecule has 0 radical (unpaired) electrons. The lowest BCUT2D eigenvalue weighted by Gasteiger charge is -2.24. The number of halogens is 1. The monoisotopic (exact) mass is 333 g/mol. The van der Waals surface area contributed by atoms with Crippen molar-refractivity contribution >= 4 is 21.6 Å². The van der Waals surface area contributed by atoms with Gasteiger partial charge in [-0.05, 0) is 38.2 Å². The van der Waals surface area contributed by atoms with Crippen LogP contribution >= 0.6 is 11.6 Å². The molecule has 1 rings (SSSR count). The SMILES string of the molecule is CCCN(CCN(C)C)S(=O)(=O)c1ccc(CN)cc1Cl. The van der Waals surface area contributed by atoms with Gasteiger partial charge in [-0.3, -0.25) is 0 Å². The van der Waals surface area contributed by atoms with Crippen molar-refractivity contribution in [3.8, 4) is 0 Å². The molecule has 21 heavy (non-hydrogen) atoms. The Morgan fingerprint density at radius 1 is 1.19 bits per heavy atom. The summed E-state index contributed by atoms with van der Waals surface area (Å²) in [7, 11) is 0.252. The van der Waals surface area contributed by atoms with Crippen molar-refractivity contribution in [2.75, 3.05) is 33.7 Å². The molecule has 0 aliphatic carbocycles. The number of nitrogens with two attached hydrogens (primary N) is 1. The zero-order chi connectivity index (χ0) is 16.0. The van der Waals surface area contributed by atoms with E-state index in [9.17, 15) is 8.42 Å². The second kappa shape index (κ2) is 8.10. The molecule has 0 fully saturated rings. The van der Waals surface area contributed by atoms with Crippen molar-refractivity contribution in [3.05, 3.63) is 28.8 Å². The minimum atomic E-state index is -3.58. The summed E-state index contributed by atoms with van der Waals surface area (Å²) in [5.41, 5.74) is 6.36. The van der Waals surface area contributed by atoms with E-state index in [4.69, 9.17) is 17.3 Å². The minimum Gasteiger partial charge on any atom is -0.326 e. The van der Waals surface area contributed by atoms with E-state index in [0.717, 1.165) is 12.0 Å². The van der Waals surface area contributed by atoms with E-state index in [-0.39, 0.29) is 9.92 Å². The van der Waals surface area contributed by atoms with Crippen LogP contribution in [0.15, 0.2) is 23.1 Å². The van der Waals surface area contributed by atoms with E-state index < -0.39 is 10.0 Å². The largest absolute Gasteiger partial charge is 0.326 e. The molecule has 0 saturated carbocycles. The number of hydrogen-bond acceptors (Lipinski definition) is 4. The fourth-order valence-electron chi connectivity index (χ4n) is 1.93. The Labute approximate surface area is 132 Å². The van der Waals surface area contributed by atoms with Gasteiger partial charge < -0.3 is 10.6 Å². The van der Waals surface area contributed by atoms with Crippen molar-refractivity contribution < 1.29 is 8.42 Å². The summed E-state index contributed by atoms with van der Waals surface area (Å²) in [6.07, 6.45) is 0.755. The van der Waals surface area contributed by atoms with Crippen LogP contribution in [0.1, 0.15) is 18.9 Å². The summed E-state index contributed by atoms with van der Waals surface area (Å²) in [6.45, 7) is 3.87. The third-order valence-electron chi connectivity index (χ3n) is 3.12. The summed E-state index contributed by atoms with van der Waals surface area (Å²) in [5.74, 6) is 0. The van der Waals surface area contributed by atoms with Gasteiger partial charge in [0.15, 0.2) is 0 Å². The van der Waals surface area contributed by atoms with Crippen LogP contribution in [0.3, 0.4) is 0 Å². The van der Waals surface area contributed by atoms with Crippen LogP contribution in [-0.2, 0) is 16.6 Å². The first-order valence-electron chi connectivity index (χ1n) is 6.96. The highest BCUT2D eigenvalue weighted by molar-refractivity contribution is 7.89. The van der Waals surface area contributed by atoms with Crippen molar-refractivity contribution in [2.45, 2.75) is 24.8 Å². The highest BCUT2D eigenvalue weighted by Gasteiger charge is 2.26. The third-order valence-corrected chi connectivity index (χ3v) is 5.50. The molecule has 0 aromatic heterocycles. The molecule has 0 spiro atoms. The Hall–Kier alpha value is -0.660. The maximum Gasteiger partial charge on any atom is 0.244 e. The van der Waals surface area contributed by atoms with E-state index in [1.54, 1.807) is 12.1 Å². The van der Waals surface area contributed by atoms with Crippen molar-refractivity contribution in [3.63, 3.8) is 0 Å². The second-order valence-electron chi connectivity index (χ2n) is 5.18. The summed E-state index contributed by atoms with van der Waals surface area (Å²) in [5, 5.41) is 0.226. The Morgan fingerprint density at radius 3 is 2.33 bits per heavy atom. The van der Waals surface area contributed by atoms with Crippen LogP contribution in [-0.4, -0.2) is 51.4 Å². The molecule has 2 N–H and O–H groups in total. The number of likely N-dealkylation sites (N-methyl/N-ethyl adjacent to an activating group) is 1. The average molecular weight is 334 g/mol. The molecule has 0 aliphatic rings. The van der Waals surface area contributed by atoms with Gasteiger partial charge in [-0.25, -0.2) is 8.42 Å². The second-order valence-corrected chi connectivity index (χ2v) is 7.49. The van der Waals surface area contributed by atoms with Crippen LogP contribution in [0, 0.1) is 0 Å². The molecule has 0 saturated heterocycles. The van der Waals surface area contributed by atoms with Gasteiger partial charge in [-0.2, -0.15) is 4.31 Å². The molecule has 0 heterocycles. The molecule has 0 unspecified atom stereocenters. The van der Waals surface area contributed by atoms with Gasteiger partial charge in [0, 0.05) is 26.2 Å². The van der Waals surface area contributed by atoms with Gasteiger partial charge in [0.2, 0.25) is 10.0 Å². The van der Waals surface area contributed by atoms with Crippen LogP contribution in [0.4, 0.5) is 0 Å². The standard InChI is InChI=1S/C14H24ClN3O2S/c1-4-7-18(9-8-17(2)3)21(19,20)14-6-5-12(11-16)10-13(14)15/h5-6,10H,4,7-9,11,16H2,1-3H3. The average Bonchev–Trinajstić information content (AvgIpc) is 2.42. The molecule has 0 amide bonds. The molecule has 0 bridgehead atoms. The zero-order valence-electron chi connectivity index (χ0n) is 12.8. The van der Waals surface area contributed by atoms with E-state index in [0.29, 0.717) is 26.2 Å². The van der Waals surface area contributed by atoms with E-state index in [1.165, 1.54) is 10.4 Å². The predicted octanol–water partition coefficient (Wildman–Crippen LogP) is 1.76. The van der Waals surface area contributed by atoms with Gasteiger partial charge in [-0.1, -0.05) is 24.6 Å². The molecule has 120 valence electrons. The predicted molar refractivity (Wildman–Crippen MR) is 86.9 cm³/mol. The Bertz CT molecular complexity index is 561. The number of nitrogens with zero attached hydrogens (tertiary/aromatic N) is 2. The van der Waals surface area contributed by atoms with E-state index in [2.05, 4.69) is 0 Å². The van der Waals surface area contributed by atoms with Crippen LogP contribution in [0.2, 0.25) is 5.02 Å². The lowest BCUT2D eigenvalue weighted by atomic mass is 10.2. The van der Waals surface area contributed by atoms with Gasteiger partial charge >= 0.3 is 0 Å². The van der Waals surface area contributed by atoms with Crippen molar-refractivity contribution in [2.24, 2.45) is 5.73 Å². The van der Waals surface area contributed by atoms with Crippen molar-refractivity contribution in [1.82, 2.24) is 9.21 Å². The first-order chi connectivity index (χ1) is 9.82. The summed E-state index contributed by atoms with van der Waals surface area (Å²) < 4.78 is 27.0. The lowest BCUT2D eigenvalue weighted by Crippen LogP contribution is -2.37. The topological polar surface area (TPSA) is 66.6 Å². The number of sulfonamides is 1. The van der Waals surface area contributed by atoms with Crippen molar-refractivity contribution in [1.29, 1.82) is 0 Å². The van der Waals surface area contributed by atoms with Gasteiger partial charge in [-0.15, -0.1) is 0 Å². The minimum absolute atomic E-state index is 0.147.